The Balaban J connectivity index is 0.00000225. The molecule has 0 radical (unpaired) electrons. The number of hydrogen-bond acceptors (Lipinski definition) is 8. The molecule has 3 rings (SSSR count). The Hall–Kier alpha value is -1.47. The molecule has 2 aliphatic rings. The minimum absolute atomic E-state index is 0. The Labute approximate surface area is 214 Å². The van der Waals surface area contributed by atoms with Crippen LogP contribution >= 0.6 is 0 Å². The molecule has 148 valence electrons. The van der Waals surface area contributed by atoms with Gasteiger partial charge in [-0.1, -0.05) is 30.3 Å². The molecular formula is C17H16N2Na2O9+2. The van der Waals surface area contributed by atoms with Crippen molar-refractivity contribution in [2.75, 3.05) is 6.61 Å². The van der Waals surface area contributed by atoms with Gasteiger partial charge in [0.15, 0.2) is 5.92 Å². The Morgan fingerprint density at radius 1 is 1.17 bits per heavy atom. The largest absolute Gasteiger partial charge is 1.00 e. The van der Waals surface area contributed by atoms with Crippen LogP contribution in [0.25, 0.3) is 0 Å². The molecule has 11 nitrogen and oxygen atoms in total. The van der Waals surface area contributed by atoms with E-state index in [1.807, 2.05) is 0 Å². The summed E-state index contributed by atoms with van der Waals surface area (Å²) in [7, 11) is 0. The van der Waals surface area contributed by atoms with Gasteiger partial charge in [0.2, 0.25) is 12.0 Å². The monoisotopic (exact) mass is 438 g/mol. The minimum Gasteiger partial charge on any atom is -0.480 e. The van der Waals surface area contributed by atoms with Gasteiger partial charge in [-0.3, -0.25) is 19.2 Å². The number of rotatable bonds is 6. The molecule has 1 aromatic rings. The molecule has 3 unspecified atom stereocenters. The van der Waals surface area contributed by atoms with Crippen molar-refractivity contribution >= 4 is 29.7 Å². The number of nitrogens with zero attached hydrogens (tertiary/aromatic N) is 1. The Morgan fingerprint density at radius 2 is 1.83 bits per heavy atom. The van der Waals surface area contributed by atoms with Gasteiger partial charge in [0.05, 0.1) is 0 Å². The first-order valence-corrected chi connectivity index (χ1v) is 8.33. The summed E-state index contributed by atoms with van der Waals surface area (Å²) in [5.74, 6) is -6.27. The summed E-state index contributed by atoms with van der Waals surface area (Å²) >= 11 is 0. The number of carbonyl (C=O) groups excluding carboxylic acids is 4. The van der Waals surface area contributed by atoms with Crippen LogP contribution in [0.2, 0.25) is 0 Å². The average molecular weight is 438 g/mol. The van der Waals surface area contributed by atoms with Crippen molar-refractivity contribution in [3.63, 3.8) is 0 Å². The molecule has 2 saturated heterocycles. The maximum Gasteiger partial charge on any atom is 1.00 e. The van der Waals surface area contributed by atoms with E-state index in [4.69, 9.17) is 14.4 Å². The molecule has 2 fully saturated rings. The molecule has 2 heterocycles. The van der Waals surface area contributed by atoms with Gasteiger partial charge in [0, 0.05) is 12.8 Å². The van der Waals surface area contributed by atoms with E-state index in [-0.39, 0.29) is 89.4 Å². The van der Waals surface area contributed by atoms with Crippen molar-refractivity contribution in [2.45, 2.75) is 30.9 Å². The molecule has 0 aromatic heterocycles. The van der Waals surface area contributed by atoms with E-state index in [0.717, 1.165) is 0 Å². The number of ether oxygens (including phenoxy) is 1. The molecule has 13 heteroatoms. The summed E-state index contributed by atoms with van der Waals surface area (Å²) in [6.07, 6.45) is -0.951. The summed E-state index contributed by atoms with van der Waals surface area (Å²) in [6.45, 7) is -0.358. The number of amides is 2. The molecule has 0 spiro atoms. The Bertz CT molecular complexity index is 821. The van der Waals surface area contributed by atoms with Crippen molar-refractivity contribution in [1.29, 1.82) is 0 Å². The van der Waals surface area contributed by atoms with Crippen LogP contribution in [-0.2, 0) is 38.4 Å². The second-order valence-corrected chi connectivity index (χ2v) is 6.06. The van der Waals surface area contributed by atoms with Crippen molar-refractivity contribution in [3.05, 3.63) is 35.9 Å². The topological polar surface area (TPSA) is 149 Å². The van der Waals surface area contributed by atoms with E-state index in [1.165, 1.54) is 12.1 Å². The van der Waals surface area contributed by atoms with Crippen LogP contribution in [0.5, 0.6) is 0 Å². The zero-order chi connectivity index (χ0) is 20.3. The van der Waals surface area contributed by atoms with Gasteiger partial charge in [-0.2, -0.15) is 0 Å². The van der Waals surface area contributed by atoms with Crippen LogP contribution in [0, 0.1) is 0 Å². The first kappa shape index (κ1) is 26.6. The third-order valence-corrected chi connectivity index (χ3v) is 4.12. The number of aliphatic carboxylic acids is 1. The number of benzene rings is 1. The van der Waals surface area contributed by atoms with E-state index in [9.17, 15) is 29.1 Å². The normalized spacial score (nSPS) is 21.0. The van der Waals surface area contributed by atoms with Crippen LogP contribution in [-0.4, -0.2) is 58.8 Å². The van der Waals surface area contributed by atoms with Gasteiger partial charge in [-0.05, 0) is 10.8 Å². The quantitative estimate of drug-likeness (QED) is 0.251. The molecule has 0 bridgehead atoms. The maximum absolute atomic E-state index is 12.4. The van der Waals surface area contributed by atoms with Crippen LogP contribution in [0.3, 0.4) is 0 Å². The SMILES string of the molecule is O=C1CCC(C(=O)ON2OCC(NC(=O)C(C(=O)O)c3ccccc3)C2=O)O1.[Na+].[Na+]. The smallest absolute Gasteiger partial charge is 0.480 e. The standard InChI is InChI=1S/C17H16N2O9.2Na/c20-12-7-6-11(27-12)17(25)28-19-15(22)10(8-26-19)18-14(21)13(16(23)24)9-4-2-1-3-5-9;;/h1-5,10-11,13H,6-8H2,(H,18,21)(H,23,24);;/q;2*+1. The van der Waals surface area contributed by atoms with E-state index in [1.54, 1.807) is 18.2 Å². The van der Waals surface area contributed by atoms with Gasteiger partial charge >= 0.3 is 82.9 Å². The number of carboxylic acids is 1. The minimum atomic E-state index is -1.52. The Kier molecular flexibility index (Phi) is 10.4. The molecule has 2 amide bonds. The first-order valence-electron chi connectivity index (χ1n) is 8.33. The third-order valence-electron chi connectivity index (χ3n) is 4.12. The van der Waals surface area contributed by atoms with E-state index < -0.39 is 47.8 Å². The third kappa shape index (κ3) is 6.27. The zero-order valence-electron chi connectivity index (χ0n) is 16.4. The van der Waals surface area contributed by atoms with Crippen LogP contribution in [0.4, 0.5) is 0 Å². The summed E-state index contributed by atoms with van der Waals surface area (Å²) in [5, 5.41) is 11.9. The molecule has 3 atom stereocenters. The number of carboxylic acid groups (broad SMARTS) is 1. The van der Waals surface area contributed by atoms with Crippen LogP contribution in [0.15, 0.2) is 30.3 Å². The first-order chi connectivity index (χ1) is 13.4. The number of hydrogen-bond donors (Lipinski definition) is 2. The number of nitrogens with one attached hydrogen (secondary N) is 1. The fourth-order valence-corrected chi connectivity index (χ4v) is 2.72. The summed E-state index contributed by atoms with van der Waals surface area (Å²) in [6, 6.07) is 6.54. The van der Waals surface area contributed by atoms with Gasteiger partial charge in [-0.25, -0.2) is 9.63 Å². The van der Waals surface area contributed by atoms with Crippen LogP contribution in [0.1, 0.15) is 24.3 Å². The van der Waals surface area contributed by atoms with Crippen molar-refractivity contribution in [3.8, 4) is 0 Å². The predicted molar refractivity (Wildman–Crippen MR) is 86.8 cm³/mol. The average Bonchev–Trinajstić information content (AvgIpc) is 3.23. The van der Waals surface area contributed by atoms with Gasteiger partial charge in [0.25, 0.3) is 0 Å². The van der Waals surface area contributed by atoms with E-state index in [2.05, 4.69) is 5.32 Å². The van der Waals surface area contributed by atoms with Crippen molar-refractivity contribution in [1.82, 2.24) is 10.5 Å². The van der Waals surface area contributed by atoms with Crippen molar-refractivity contribution < 1.29 is 103 Å². The number of cyclic esters (lactones) is 1. The number of carbonyl (C=O) groups is 5. The van der Waals surface area contributed by atoms with Gasteiger partial charge < -0.3 is 20.0 Å². The maximum atomic E-state index is 12.4. The number of hydroxylamine groups is 2. The van der Waals surface area contributed by atoms with Gasteiger partial charge in [-0.15, -0.1) is 0 Å². The molecular weight excluding hydrogens is 422 g/mol. The molecule has 0 aliphatic carbocycles. The fourth-order valence-electron chi connectivity index (χ4n) is 2.72. The summed E-state index contributed by atoms with van der Waals surface area (Å²) in [4.78, 5) is 68.7. The fraction of sp³-hybridized carbons (Fsp3) is 0.353. The van der Waals surface area contributed by atoms with E-state index in [0.29, 0.717) is 0 Å². The molecule has 2 aliphatic heterocycles. The summed E-state index contributed by atoms with van der Waals surface area (Å²) in [5.41, 5.74) is 0.241. The zero-order valence-corrected chi connectivity index (χ0v) is 20.4. The summed E-state index contributed by atoms with van der Waals surface area (Å²) < 4.78 is 4.72. The van der Waals surface area contributed by atoms with Crippen molar-refractivity contribution in [2.24, 2.45) is 0 Å². The van der Waals surface area contributed by atoms with Crippen LogP contribution < -0.4 is 64.4 Å². The van der Waals surface area contributed by atoms with E-state index >= 15 is 0 Å². The molecule has 30 heavy (non-hydrogen) atoms. The predicted octanol–water partition coefficient (Wildman–Crippen LogP) is -6.71. The second-order valence-electron chi connectivity index (χ2n) is 6.06. The molecule has 0 saturated carbocycles. The number of esters is 1. The van der Waals surface area contributed by atoms with Gasteiger partial charge in [0.1, 0.15) is 12.6 Å². The molecule has 1 aromatic carbocycles. The second kappa shape index (κ2) is 11.8. The Morgan fingerprint density at radius 3 is 2.40 bits per heavy atom. The molecule has 2 N–H and O–H groups in total.